The van der Waals surface area contributed by atoms with Crippen LogP contribution in [-0.4, -0.2) is 25.7 Å². The fourth-order valence-corrected chi connectivity index (χ4v) is 3.36. The molecule has 0 atom stereocenters. The predicted octanol–water partition coefficient (Wildman–Crippen LogP) is 3.53. The summed E-state index contributed by atoms with van der Waals surface area (Å²) in [6, 6.07) is 11.3. The second kappa shape index (κ2) is 7.55. The van der Waals surface area contributed by atoms with E-state index in [1.165, 1.54) is 11.3 Å². The van der Waals surface area contributed by atoms with Gasteiger partial charge in [-0.1, -0.05) is 6.07 Å². The Bertz CT molecular complexity index is 1050. The minimum absolute atomic E-state index is 0.162. The third kappa shape index (κ3) is 4.29. The molecule has 0 aliphatic heterocycles. The fraction of sp³-hybridized carbons (Fsp3) is 0.158. The number of rotatable bonds is 6. The lowest BCUT2D eigenvalue weighted by Gasteiger charge is -2.01. The number of pyridine rings is 1. The molecule has 7 nitrogen and oxygen atoms in total. The Morgan fingerprint density at radius 1 is 1.22 bits per heavy atom. The topological polar surface area (TPSA) is 85.8 Å². The number of carbonyl (C=O) groups is 1. The molecule has 8 heteroatoms. The van der Waals surface area contributed by atoms with Crippen LogP contribution in [0.3, 0.4) is 0 Å². The number of amides is 1. The Labute approximate surface area is 159 Å². The van der Waals surface area contributed by atoms with Gasteiger partial charge >= 0.3 is 0 Å². The van der Waals surface area contributed by atoms with Crippen LogP contribution in [0.25, 0.3) is 10.8 Å². The van der Waals surface area contributed by atoms with Crippen molar-refractivity contribution in [2.75, 3.05) is 5.32 Å². The van der Waals surface area contributed by atoms with Crippen LogP contribution in [0.1, 0.15) is 17.1 Å². The van der Waals surface area contributed by atoms with E-state index in [2.05, 4.69) is 20.4 Å². The summed E-state index contributed by atoms with van der Waals surface area (Å²) < 4.78 is 7.30. The van der Waals surface area contributed by atoms with Gasteiger partial charge in [-0.3, -0.25) is 14.5 Å². The third-order valence-corrected chi connectivity index (χ3v) is 4.71. The van der Waals surface area contributed by atoms with Crippen molar-refractivity contribution in [3.8, 4) is 10.8 Å². The first-order chi connectivity index (χ1) is 13.2. The van der Waals surface area contributed by atoms with Crippen molar-refractivity contribution in [3.63, 3.8) is 0 Å². The van der Waals surface area contributed by atoms with Crippen LogP contribution in [-0.2, 0) is 17.8 Å². The van der Waals surface area contributed by atoms with Crippen molar-refractivity contribution in [1.29, 1.82) is 0 Å². The molecule has 0 radical (unpaired) electrons. The highest BCUT2D eigenvalue weighted by atomic mass is 32.1. The minimum Gasteiger partial charge on any atom is -0.459 e. The Kier molecular flexibility index (Phi) is 4.80. The van der Waals surface area contributed by atoms with Crippen molar-refractivity contribution in [1.82, 2.24) is 19.7 Å². The van der Waals surface area contributed by atoms with E-state index in [4.69, 9.17) is 4.42 Å². The Morgan fingerprint density at radius 2 is 2.15 bits per heavy atom. The largest absolute Gasteiger partial charge is 0.459 e. The van der Waals surface area contributed by atoms with Crippen LogP contribution in [0.2, 0.25) is 0 Å². The molecule has 136 valence electrons. The molecule has 0 saturated heterocycles. The lowest BCUT2D eigenvalue weighted by atomic mass is 10.3. The molecule has 0 fully saturated rings. The van der Waals surface area contributed by atoms with E-state index >= 15 is 0 Å². The second-order valence-corrected chi connectivity index (χ2v) is 6.86. The third-order valence-electron chi connectivity index (χ3n) is 3.80. The van der Waals surface area contributed by atoms with Crippen LogP contribution in [0.4, 0.5) is 5.82 Å². The number of nitrogens with one attached hydrogen (secondary N) is 1. The average Bonchev–Trinajstić information content (AvgIpc) is 3.38. The second-order valence-electron chi connectivity index (χ2n) is 6.00. The molecule has 0 spiro atoms. The van der Waals surface area contributed by atoms with Crippen molar-refractivity contribution < 1.29 is 9.21 Å². The fourth-order valence-electron chi connectivity index (χ4n) is 2.58. The summed E-state index contributed by atoms with van der Waals surface area (Å²) in [5.41, 5.74) is 1.61. The van der Waals surface area contributed by atoms with Gasteiger partial charge in [0.1, 0.15) is 5.76 Å². The Hall–Kier alpha value is -3.26. The van der Waals surface area contributed by atoms with Gasteiger partial charge in [-0.25, -0.2) is 4.98 Å². The van der Waals surface area contributed by atoms with E-state index in [0.717, 1.165) is 22.2 Å². The van der Waals surface area contributed by atoms with Crippen LogP contribution < -0.4 is 5.32 Å². The lowest BCUT2D eigenvalue weighted by Crippen LogP contribution is -2.15. The summed E-state index contributed by atoms with van der Waals surface area (Å²) in [5.74, 6) is 1.90. The highest BCUT2D eigenvalue weighted by Gasteiger charge is 2.12. The normalized spacial score (nSPS) is 10.9. The molecule has 0 bridgehead atoms. The smallest absolute Gasteiger partial charge is 0.231 e. The van der Waals surface area contributed by atoms with Crippen molar-refractivity contribution >= 4 is 23.1 Å². The first-order valence-corrected chi connectivity index (χ1v) is 9.28. The van der Waals surface area contributed by atoms with Crippen LogP contribution in [0.5, 0.6) is 0 Å². The van der Waals surface area contributed by atoms with Gasteiger partial charge in [-0.15, -0.1) is 11.3 Å². The number of carbonyl (C=O) groups excluding carboxylic acids is 1. The maximum Gasteiger partial charge on any atom is 0.231 e. The zero-order chi connectivity index (χ0) is 18.6. The van der Waals surface area contributed by atoms with Gasteiger partial charge in [0.25, 0.3) is 0 Å². The molecule has 4 aromatic heterocycles. The van der Waals surface area contributed by atoms with Gasteiger partial charge in [0.15, 0.2) is 16.6 Å². The number of thiazole rings is 1. The number of aromatic nitrogens is 4. The molecule has 0 unspecified atom stereocenters. The highest BCUT2D eigenvalue weighted by Crippen LogP contribution is 2.25. The maximum absolute atomic E-state index is 12.3. The van der Waals surface area contributed by atoms with Crippen molar-refractivity contribution in [3.05, 3.63) is 71.3 Å². The van der Waals surface area contributed by atoms with Gasteiger partial charge in [0.05, 0.1) is 24.4 Å². The van der Waals surface area contributed by atoms with Crippen molar-refractivity contribution in [2.45, 2.75) is 19.9 Å². The van der Waals surface area contributed by atoms with Crippen LogP contribution in [0.15, 0.2) is 58.6 Å². The predicted molar refractivity (Wildman–Crippen MR) is 102 cm³/mol. The molecular formula is C19H17N5O2S. The average molecular weight is 379 g/mol. The van der Waals surface area contributed by atoms with E-state index in [9.17, 15) is 4.79 Å². The lowest BCUT2D eigenvalue weighted by molar-refractivity contribution is -0.115. The quantitative estimate of drug-likeness (QED) is 0.554. The zero-order valence-electron chi connectivity index (χ0n) is 14.6. The van der Waals surface area contributed by atoms with Gasteiger partial charge < -0.3 is 9.73 Å². The number of hydrogen-bond acceptors (Lipinski definition) is 6. The molecule has 4 rings (SSSR count). The number of aryl methyl sites for hydroxylation is 1. The summed E-state index contributed by atoms with van der Waals surface area (Å²) in [6.07, 6.45) is 3.74. The highest BCUT2D eigenvalue weighted by molar-refractivity contribution is 7.13. The summed E-state index contributed by atoms with van der Waals surface area (Å²) in [4.78, 5) is 21.0. The number of nitrogens with zero attached hydrogens (tertiary/aromatic N) is 4. The monoisotopic (exact) mass is 379 g/mol. The number of anilines is 1. The molecule has 0 aliphatic rings. The van der Waals surface area contributed by atoms with E-state index in [0.29, 0.717) is 18.1 Å². The van der Waals surface area contributed by atoms with Gasteiger partial charge in [0.2, 0.25) is 5.91 Å². The molecule has 0 saturated carbocycles. The summed E-state index contributed by atoms with van der Waals surface area (Å²) >= 11 is 1.46. The maximum atomic E-state index is 12.3. The Morgan fingerprint density at radius 3 is 2.93 bits per heavy atom. The van der Waals surface area contributed by atoms with Crippen LogP contribution in [0, 0.1) is 6.92 Å². The van der Waals surface area contributed by atoms with Gasteiger partial charge in [0, 0.05) is 23.8 Å². The molecule has 27 heavy (non-hydrogen) atoms. The van der Waals surface area contributed by atoms with E-state index < -0.39 is 0 Å². The molecule has 4 heterocycles. The van der Waals surface area contributed by atoms with Crippen molar-refractivity contribution in [2.24, 2.45) is 0 Å². The minimum atomic E-state index is -0.162. The standard InChI is InChI=1S/C19H17N5O2S/c1-13-5-6-16(26-13)19-21-15(12-27-19)10-18(25)22-17-7-9-24(23-17)11-14-4-2-3-8-20-14/h2-9,12H,10-11H2,1H3,(H,22,23,25). The summed E-state index contributed by atoms with van der Waals surface area (Å²) in [5, 5.41) is 9.79. The summed E-state index contributed by atoms with van der Waals surface area (Å²) in [7, 11) is 0. The zero-order valence-corrected chi connectivity index (χ0v) is 15.4. The molecular weight excluding hydrogens is 362 g/mol. The molecule has 1 N–H and O–H groups in total. The van der Waals surface area contributed by atoms with Gasteiger partial charge in [-0.2, -0.15) is 5.10 Å². The van der Waals surface area contributed by atoms with Crippen LogP contribution >= 0.6 is 11.3 Å². The van der Waals surface area contributed by atoms with E-state index in [1.807, 2.05) is 48.8 Å². The molecule has 0 aromatic carbocycles. The Balaban J connectivity index is 1.35. The molecule has 0 aliphatic carbocycles. The summed E-state index contributed by atoms with van der Waals surface area (Å²) in [6.45, 7) is 2.44. The number of hydrogen-bond donors (Lipinski definition) is 1. The first-order valence-electron chi connectivity index (χ1n) is 8.40. The SMILES string of the molecule is Cc1ccc(-c2nc(CC(=O)Nc3ccn(Cc4ccccn4)n3)cs2)o1. The molecule has 4 aromatic rings. The van der Waals surface area contributed by atoms with Gasteiger partial charge in [-0.05, 0) is 31.2 Å². The number of furan rings is 1. The molecule has 1 amide bonds. The first kappa shape index (κ1) is 17.2. The van der Waals surface area contributed by atoms with E-state index in [1.54, 1.807) is 16.9 Å². The van der Waals surface area contributed by atoms with E-state index in [-0.39, 0.29) is 12.3 Å².